The van der Waals surface area contributed by atoms with Gasteiger partial charge in [0.25, 0.3) is 0 Å². The Hall–Kier alpha value is -1.68. The number of carbonyl (C=O) groups excluding carboxylic acids is 1. The number of aromatic nitrogens is 1. The summed E-state index contributed by atoms with van der Waals surface area (Å²) in [5.41, 5.74) is 0.779. The van der Waals surface area contributed by atoms with Crippen LogP contribution in [0.15, 0.2) is 41.5 Å². The first-order valence-corrected chi connectivity index (χ1v) is 8.20. The van der Waals surface area contributed by atoms with Crippen LogP contribution in [0.25, 0.3) is 0 Å². The van der Waals surface area contributed by atoms with E-state index in [0.29, 0.717) is 12.5 Å². The van der Waals surface area contributed by atoms with Crippen molar-refractivity contribution in [1.82, 2.24) is 15.6 Å². The predicted molar refractivity (Wildman–Crippen MR) is 110 cm³/mol. The van der Waals surface area contributed by atoms with Crippen LogP contribution in [-0.2, 0) is 11.2 Å². The van der Waals surface area contributed by atoms with Crippen LogP contribution < -0.4 is 16.0 Å². The van der Waals surface area contributed by atoms with Crippen molar-refractivity contribution >= 4 is 52.9 Å². The van der Waals surface area contributed by atoms with Gasteiger partial charge in [-0.15, -0.1) is 35.3 Å². The summed E-state index contributed by atoms with van der Waals surface area (Å²) in [6, 6.07) is 9.36. The second-order valence-electron chi connectivity index (χ2n) is 4.88. The van der Waals surface area contributed by atoms with E-state index < -0.39 is 0 Å². The van der Waals surface area contributed by atoms with Gasteiger partial charge in [-0.25, -0.2) is 4.98 Å². The first-order chi connectivity index (χ1) is 11.2. The van der Waals surface area contributed by atoms with Gasteiger partial charge in [0, 0.05) is 36.8 Å². The molecule has 0 atom stereocenters. The van der Waals surface area contributed by atoms with Gasteiger partial charge in [0.05, 0.1) is 11.6 Å². The molecule has 0 bridgehead atoms. The molecule has 6 nitrogen and oxygen atoms in total. The number of rotatable bonds is 6. The van der Waals surface area contributed by atoms with E-state index in [9.17, 15) is 4.79 Å². The monoisotopic (exact) mass is 459 g/mol. The normalized spacial score (nSPS) is 10.7. The maximum atomic E-state index is 11.9. The number of thiazole rings is 1. The van der Waals surface area contributed by atoms with E-state index in [2.05, 4.69) is 25.9 Å². The number of anilines is 1. The van der Waals surface area contributed by atoms with Gasteiger partial charge in [-0.05, 0) is 19.1 Å². The molecule has 3 N–H and O–H groups in total. The Labute approximate surface area is 163 Å². The Kier molecular flexibility index (Phi) is 9.31. The van der Waals surface area contributed by atoms with E-state index in [1.807, 2.05) is 43.5 Å². The third-order valence-electron chi connectivity index (χ3n) is 3.00. The summed E-state index contributed by atoms with van der Waals surface area (Å²) < 4.78 is 0. The number of hydrogen-bond acceptors (Lipinski definition) is 4. The molecule has 1 amide bonds. The third kappa shape index (κ3) is 7.26. The first kappa shape index (κ1) is 20.4. The van der Waals surface area contributed by atoms with Gasteiger partial charge in [-0.3, -0.25) is 9.79 Å². The molecule has 8 heteroatoms. The van der Waals surface area contributed by atoms with Gasteiger partial charge in [0.2, 0.25) is 5.91 Å². The number of halogens is 1. The number of guanidine groups is 1. The van der Waals surface area contributed by atoms with Crippen molar-refractivity contribution < 1.29 is 4.79 Å². The Balaban J connectivity index is 0.00000288. The molecule has 0 fully saturated rings. The molecule has 0 spiro atoms. The van der Waals surface area contributed by atoms with Crippen LogP contribution in [0.1, 0.15) is 9.88 Å². The number of amides is 1. The van der Waals surface area contributed by atoms with Crippen molar-refractivity contribution in [3.63, 3.8) is 0 Å². The number of aliphatic imine (C=N–C) groups is 1. The fraction of sp³-hybridized carbons (Fsp3) is 0.312. The van der Waals surface area contributed by atoms with E-state index >= 15 is 0 Å². The number of benzene rings is 1. The highest BCUT2D eigenvalue weighted by Gasteiger charge is 2.04. The fourth-order valence-electron chi connectivity index (χ4n) is 1.92. The number of hydrogen-bond donors (Lipinski definition) is 3. The Bertz CT molecular complexity index is 659. The second-order valence-corrected chi connectivity index (χ2v) is 6.20. The van der Waals surface area contributed by atoms with Crippen LogP contribution >= 0.6 is 35.3 Å². The molecule has 0 saturated carbocycles. The lowest BCUT2D eigenvalue weighted by molar-refractivity contribution is -0.115. The van der Waals surface area contributed by atoms with Gasteiger partial charge < -0.3 is 16.0 Å². The molecule has 24 heavy (non-hydrogen) atoms. The van der Waals surface area contributed by atoms with Crippen molar-refractivity contribution in [2.24, 2.45) is 4.99 Å². The zero-order valence-corrected chi connectivity index (χ0v) is 16.9. The Morgan fingerprint density at radius 1 is 1.25 bits per heavy atom. The summed E-state index contributed by atoms with van der Waals surface area (Å²) in [7, 11) is 1.68. The van der Waals surface area contributed by atoms with Crippen molar-refractivity contribution in [3.8, 4) is 0 Å². The van der Waals surface area contributed by atoms with E-state index in [1.54, 1.807) is 18.4 Å². The molecule has 2 rings (SSSR count). The highest BCUT2D eigenvalue weighted by Crippen LogP contribution is 2.10. The maximum Gasteiger partial charge on any atom is 0.243 e. The zero-order chi connectivity index (χ0) is 16.5. The van der Waals surface area contributed by atoms with Crippen LogP contribution in [-0.4, -0.2) is 37.0 Å². The number of carbonyl (C=O) groups is 1. The average Bonchev–Trinajstić information content (AvgIpc) is 2.97. The molecule has 0 aliphatic rings. The van der Waals surface area contributed by atoms with Crippen molar-refractivity contribution in [2.45, 2.75) is 13.3 Å². The molecule has 0 aliphatic heterocycles. The highest BCUT2D eigenvalue weighted by atomic mass is 127. The lowest BCUT2D eigenvalue weighted by Gasteiger charge is -2.11. The van der Waals surface area contributed by atoms with Gasteiger partial charge in [0.15, 0.2) is 5.96 Å². The summed E-state index contributed by atoms with van der Waals surface area (Å²) in [6.45, 7) is 2.91. The molecule has 0 unspecified atom stereocenters. The molecule has 2 aromatic rings. The van der Waals surface area contributed by atoms with Gasteiger partial charge >= 0.3 is 0 Å². The van der Waals surface area contributed by atoms with Crippen LogP contribution in [0.4, 0.5) is 5.69 Å². The van der Waals surface area contributed by atoms with Crippen molar-refractivity contribution in [2.75, 3.05) is 25.5 Å². The van der Waals surface area contributed by atoms with E-state index in [0.717, 1.165) is 17.1 Å². The molecule has 1 heterocycles. The molecule has 1 aromatic heterocycles. The van der Waals surface area contributed by atoms with Gasteiger partial charge in [-0.1, -0.05) is 18.2 Å². The summed E-state index contributed by atoms with van der Waals surface area (Å²) in [6.07, 6.45) is 2.70. The highest BCUT2D eigenvalue weighted by molar-refractivity contribution is 14.0. The summed E-state index contributed by atoms with van der Waals surface area (Å²) in [4.78, 5) is 21.5. The summed E-state index contributed by atoms with van der Waals surface area (Å²) >= 11 is 1.69. The maximum absolute atomic E-state index is 11.9. The molecular formula is C16H22IN5OS. The molecule has 130 valence electrons. The number of nitrogens with zero attached hydrogens (tertiary/aromatic N) is 2. The summed E-state index contributed by atoms with van der Waals surface area (Å²) in [5, 5.41) is 10.1. The number of nitrogens with one attached hydrogen (secondary N) is 3. The van der Waals surface area contributed by atoms with Crippen LogP contribution in [0.5, 0.6) is 0 Å². The lowest BCUT2D eigenvalue weighted by atomic mass is 10.3. The molecule has 0 saturated heterocycles. The Morgan fingerprint density at radius 2 is 2.00 bits per heavy atom. The van der Waals surface area contributed by atoms with Gasteiger partial charge in [-0.2, -0.15) is 0 Å². The minimum absolute atomic E-state index is 0. The topological polar surface area (TPSA) is 78.4 Å². The molecule has 0 aliphatic carbocycles. The second kappa shape index (κ2) is 11.0. The molecular weight excluding hydrogens is 437 g/mol. The minimum atomic E-state index is -0.116. The number of aryl methyl sites for hydroxylation is 1. The fourth-order valence-corrected chi connectivity index (χ4v) is 2.70. The smallest absolute Gasteiger partial charge is 0.243 e. The molecule has 1 aromatic carbocycles. The minimum Gasteiger partial charge on any atom is -0.356 e. The summed E-state index contributed by atoms with van der Waals surface area (Å²) in [5.74, 6) is 0.483. The predicted octanol–water partition coefficient (Wildman–Crippen LogP) is 2.42. The standard InChI is InChI=1S/C16H21N5OS.HI/c1-12-10-19-15(23-12)8-9-18-16(17-2)20-11-14(22)21-13-6-4-3-5-7-13;/h3-7,10H,8-9,11H2,1-2H3,(H,21,22)(H2,17,18,20);1H. The van der Waals surface area contributed by atoms with Crippen LogP contribution in [0, 0.1) is 6.92 Å². The first-order valence-electron chi connectivity index (χ1n) is 7.38. The SMILES string of the molecule is CN=C(NCCc1ncc(C)s1)NCC(=O)Nc1ccccc1.I. The van der Waals surface area contributed by atoms with Crippen LogP contribution in [0.2, 0.25) is 0 Å². The quantitative estimate of drug-likeness (QED) is 0.352. The molecule has 0 radical (unpaired) electrons. The van der Waals surface area contributed by atoms with E-state index in [-0.39, 0.29) is 36.4 Å². The average molecular weight is 459 g/mol. The van der Waals surface area contributed by atoms with Crippen molar-refractivity contribution in [1.29, 1.82) is 0 Å². The van der Waals surface area contributed by atoms with E-state index in [4.69, 9.17) is 0 Å². The van der Waals surface area contributed by atoms with Gasteiger partial charge in [0.1, 0.15) is 0 Å². The Morgan fingerprint density at radius 3 is 2.62 bits per heavy atom. The van der Waals surface area contributed by atoms with Crippen molar-refractivity contribution in [3.05, 3.63) is 46.4 Å². The number of para-hydroxylation sites is 1. The largest absolute Gasteiger partial charge is 0.356 e. The lowest BCUT2D eigenvalue weighted by Crippen LogP contribution is -2.42. The zero-order valence-electron chi connectivity index (χ0n) is 13.7. The van der Waals surface area contributed by atoms with E-state index in [1.165, 1.54) is 4.88 Å². The third-order valence-corrected chi connectivity index (χ3v) is 3.97. The van der Waals surface area contributed by atoms with Crippen LogP contribution in [0.3, 0.4) is 0 Å².